The molecule has 4 rings (SSSR count). The second-order valence-corrected chi connectivity index (χ2v) is 9.93. The smallest absolute Gasteiger partial charge is 0.294 e. The van der Waals surface area contributed by atoms with E-state index in [-0.39, 0.29) is 12.5 Å². The molecule has 6 nitrogen and oxygen atoms in total. The van der Waals surface area contributed by atoms with Crippen LogP contribution in [-0.2, 0) is 16.2 Å². The number of hydrogen-bond donors (Lipinski definition) is 0. The van der Waals surface area contributed by atoms with Gasteiger partial charge in [-0.2, -0.15) is 0 Å². The molecule has 3 amide bonds. The number of ether oxygens (including phenoxy) is 1. The molecule has 2 aromatic rings. The van der Waals surface area contributed by atoms with Crippen LogP contribution in [0.3, 0.4) is 0 Å². The van der Waals surface area contributed by atoms with Gasteiger partial charge in [0.1, 0.15) is 18.9 Å². The zero-order chi connectivity index (χ0) is 22.5. The van der Waals surface area contributed by atoms with Crippen molar-refractivity contribution >= 4 is 57.5 Å². The summed E-state index contributed by atoms with van der Waals surface area (Å²) in [5, 5.41) is -0.399. The highest BCUT2D eigenvalue weighted by Gasteiger charge is 2.37. The zero-order valence-electron chi connectivity index (χ0n) is 17.5. The van der Waals surface area contributed by atoms with Gasteiger partial charge in [0.25, 0.3) is 11.1 Å². The summed E-state index contributed by atoms with van der Waals surface area (Å²) in [5.41, 5.74) is 1.88. The second kappa shape index (κ2) is 10.5. The molecule has 0 unspecified atom stereocenters. The van der Waals surface area contributed by atoms with E-state index >= 15 is 0 Å². The third kappa shape index (κ3) is 5.72. The molecule has 0 aromatic heterocycles. The molecule has 0 aliphatic carbocycles. The molecule has 166 valence electrons. The molecule has 0 saturated carbocycles. The lowest BCUT2D eigenvalue weighted by Gasteiger charge is -2.27. The molecule has 2 aromatic carbocycles. The van der Waals surface area contributed by atoms with Crippen LogP contribution in [-0.4, -0.2) is 46.5 Å². The fraction of sp³-hybridized carbons (Fsp3) is 0.292. The number of benzene rings is 2. The van der Waals surface area contributed by atoms with Crippen molar-refractivity contribution in [3.05, 3.63) is 68.1 Å². The lowest BCUT2D eigenvalue weighted by molar-refractivity contribution is -0.136. The van der Waals surface area contributed by atoms with Crippen molar-refractivity contribution in [2.45, 2.75) is 25.9 Å². The molecule has 0 atom stereocenters. The highest BCUT2D eigenvalue weighted by Crippen LogP contribution is 2.32. The molecule has 0 N–H and O–H groups in total. The van der Waals surface area contributed by atoms with Gasteiger partial charge in [-0.05, 0) is 95.1 Å². The summed E-state index contributed by atoms with van der Waals surface area (Å²) >= 11 is 3.14. The Hall–Kier alpha value is -2.33. The number of rotatable bonds is 6. The minimum Gasteiger partial charge on any atom is -0.489 e. The van der Waals surface area contributed by atoms with E-state index in [1.807, 2.05) is 48.5 Å². The quantitative estimate of drug-likeness (QED) is 0.370. The molecule has 2 saturated heterocycles. The second-order valence-electron chi connectivity index (χ2n) is 7.69. The number of carbonyl (C=O) groups excluding carboxylic acids is 3. The molecular formula is C24H23IN2O4S. The third-order valence-electron chi connectivity index (χ3n) is 5.37. The Balaban J connectivity index is 1.35. The fourth-order valence-electron chi connectivity index (χ4n) is 3.57. The van der Waals surface area contributed by atoms with Crippen molar-refractivity contribution in [2.24, 2.45) is 0 Å². The normalized spacial score (nSPS) is 17.8. The van der Waals surface area contributed by atoms with Gasteiger partial charge in [-0.1, -0.05) is 24.3 Å². The van der Waals surface area contributed by atoms with E-state index in [1.54, 1.807) is 11.0 Å². The summed E-state index contributed by atoms with van der Waals surface area (Å²) in [6.07, 6.45) is 4.73. The maximum absolute atomic E-state index is 12.7. The van der Waals surface area contributed by atoms with Crippen LogP contribution >= 0.6 is 34.4 Å². The number of amides is 3. The number of nitrogens with zero attached hydrogens (tertiary/aromatic N) is 2. The van der Waals surface area contributed by atoms with E-state index in [2.05, 4.69) is 22.6 Å². The van der Waals surface area contributed by atoms with E-state index in [0.717, 1.165) is 52.8 Å². The van der Waals surface area contributed by atoms with E-state index < -0.39 is 11.1 Å². The average molecular weight is 562 g/mol. The highest BCUT2D eigenvalue weighted by molar-refractivity contribution is 14.1. The summed E-state index contributed by atoms with van der Waals surface area (Å²) in [4.78, 5) is 40.6. The Labute approximate surface area is 205 Å². The van der Waals surface area contributed by atoms with E-state index in [9.17, 15) is 14.4 Å². The predicted octanol–water partition coefficient (Wildman–Crippen LogP) is 4.92. The van der Waals surface area contributed by atoms with Crippen LogP contribution in [0.4, 0.5) is 4.79 Å². The van der Waals surface area contributed by atoms with Crippen molar-refractivity contribution in [1.82, 2.24) is 9.80 Å². The van der Waals surface area contributed by atoms with Crippen LogP contribution in [0, 0.1) is 3.57 Å². The highest BCUT2D eigenvalue weighted by atomic mass is 127. The summed E-state index contributed by atoms with van der Waals surface area (Å²) in [5.74, 6) is 0.146. The zero-order valence-corrected chi connectivity index (χ0v) is 20.4. The van der Waals surface area contributed by atoms with Gasteiger partial charge < -0.3 is 9.64 Å². The molecule has 2 heterocycles. The van der Waals surface area contributed by atoms with Gasteiger partial charge in [0.15, 0.2) is 0 Å². The first-order chi connectivity index (χ1) is 15.5. The Morgan fingerprint density at radius 2 is 1.69 bits per heavy atom. The van der Waals surface area contributed by atoms with Gasteiger partial charge in [0.2, 0.25) is 5.91 Å². The van der Waals surface area contributed by atoms with Crippen LogP contribution < -0.4 is 4.74 Å². The van der Waals surface area contributed by atoms with E-state index in [1.165, 1.54) is 3.57 Å². The first-order valence-corrected chi connectivity index (χ1v) is 12.4. The molecular weight excluding hydrogens is 539 g/mol. The lowest BCUT2D eigenvalue weighted by Crippen LogP contribution is -2.44. The van der Waals surface area contributed by atoms with Gasteiger partial charge in [-0.25, -0.2) is 0 Å². The SMILES string of the molecule is O=C(CN1C(=O)S/C(=C\c2ccc(OCc3ccc(I)cc3)cc2)C1=O)N1CCCCC1. The summed E-state index contributed by atoms with van der Waals surface area (Å²) in [6, 6.07) is 15.5. The van der Waals surface area contributed by atoms with Crippen LogP contribution in [0.1, 0.15) is 30.4 Å². The largest absolute Gasteiger partial charge is 0.489 e. The number of imide groups is 1. The van der Waals surface area contributed by atoms with Gasteiger partial charge in [0, 0.05) is 16.7 Å². The topological polar surface area (TPSA) is 66.9 Å². The average Bonchev–Trinajstić information content (AvgIpc) is 3.07. The number of halogens is 1. The predicted molar refractivity (Wildman–Crippen MR) is 133 cm³/mol. The number of hydrogen-bond acceptors (Lipinski definition) is 5. The Morgan fingerprint density at radius 1 is 1.00 bits per heavy atom. The van der Waals surface area contributed by atoms with Crippen molar-refractivity contribution in [3.8, 4) is 5.75 Å². The molecule has 0 radical (unpaired) electrons. The molecule has 2 aliphatic heterocycles. The minimum absolute atomic E-state index is 0.164. The van der Waals surface area contributed by atoms with Crippen molar-refractivity contribution in [1.29, 1.82) is 0 Å². The first-order valence-electron chi connectivity index (χ1n) is 10.5. The lowest BCUT2D eigenvalue weighted by atomic mass is 10.1. The number of carbonyl (C=O) groups is 3. The Kier molecular flexibility index (Phi) is 7.51. The van der Waals surface area contributed by atoms with Gasteiger partial charge in [-0.3, -0.25) is 19.3 Å². The third-order valence-corrected chi connectivity index (χ3v) is 7.00. The molecule has 2 fully saturated rings. The number of piperidine rings is 1. The standard InChI is InChI=1S/C24H23IN2O4S/c25-19-8-4-18(5-9-19)16-31-20-10-6-17(7-11-20)14-21-23(29)27(24(30)32-21)15-22(28)26-12-2-1-3-13-26/h4-11,14H,1-3,12-13,15-16H2/b21-14-. The molecule has 0 bridgehead atoms. The minimum atomic E-state index is -0.413. The fourth-order valence-corrected chi connectivity index (χ4v) is 4.77. The first kappa shape index (κ1) is 22.8. The monoisotopic (exact) mass is 562 g/mol. The Morgan fingerprint density at radius 3 is 2.38 bits per heavy atom. The number of likely N-dealkylation sites (tertiary alicyclic amines) is 1. The van der Waals surface area contributed by atoms with Crippen molar-refractivity contribution < 1.29 is 19.1 Å². The maximum Gasteiger partial charge on any atom is 0.294 e. The maximum atomic E-state index is 12.7. The molecule has 2 aliphatic rings. The van der Waals surface area contributed by atoms with Gasteiger partial charge in [0.05, 0.1) is 4.91 Å². The molecule has 0 spiro atoms. The van der Waals surface area contributed by atoms with Gasteiger partial charge >= 0.3 is 0 Å². The van der Waals surface area contributed by atoms with Gasteiger partial charge in [-0.15, -0.1) is 0 Å². The summed E-state index contributed by atoms with van der Waals surface area (Å²) in [6.45, 7) is 1.68. The van der Waals surface area contributed by atoms with Crippen LogP contribution in [0.5, 0.6) is 5.75 Å². The summed E-state index contributed by atoms with van der Waals surface area (Å²) in [7, 11) is 0. The van der Waals surface area contributed by atoms with Crippen LogP contribution in [0.25, 0.3) is 6.08 Å². The van der Waals surface area contributed by atoms with Crippen molar-refractivity contribution in [3.63, 3.8) is 0 Å². The van der Waals surface area contributed by atoms with Crippen LogP contribution in [0.15, 0.2) is 53.4 Å². The number of thioether (sulfide) groups is 1. The molecule has 8 heteroatoms. The van der Waals surface area contributed by atoms with Crippen molar-refractivity contribution in [2.75, 3.05) is 19.6 Å². The summed E-state index contributed by atoms with van der Waals surface area (Å²) < 4.78 is 6.99. The van der Waals surface area contributed by atoms with E-state index in [0.29, 0.717) is 24.6 Å². The van der Waals surface area contributed by atoms with Crippen LogP contribution in [0.2, 0.25) is 0 Å². The molecule has 32 heavy (non-hydrogen) atoms. The Bertz CT molecular complexity index is 1030. The van der Waals surface area contributed by atoms with E-state index in [4.69, 9.17) is 4.74 Å².